The quantitative estimate of drug-likeness (QED) is 0.724. The number of nitrogens with zero attached hydrogens (tertiary/aromatic N) is 4. The van der Waals surface area contributed by atoms with Crippen LogP contribution < -0.4 is 5.56 Å². The molecule has 0 fully saturated rings. The molecule has 0 aliphatic rings. The van der Waals surface area contributed by atoms with E-state index in [1.54, 1.807) is 49.4 Å². The molecule has 118 valence electrons. The van der Waals surface area contributed by atoms with Crippen LogP contribution in [-0.4, -0.2) is 38.9 Å². The van der Waals surface area contributed by atoms with Crippen LogP contribution in [0, 0.1) is 6.92 Å². The first-order chi connectivity index (χ1) is 10.9. The number of hydrogen-bond acceptors (Lipinski definition) is 3. The predicted octanol–water partition coefficient (Wildman–Crippen LogP) is 1.71. The number of hydrogen-bond donors (Lipinski definition) is 0. The Kier molecular flexibility index (Phi) is 3.52. The van der Waals surface area contributed by atoms with E-state index >= 15 is 0 Å². The third-order valence-electron chi connectivity index (χ3n) is 3.83. The Morgan fingerprint density at radius 1 is 1.17 bits per heavy atom. The third kappa shape index (κ3) is 2.52. The molecule has 0 aliphatic carbocycles. The summed E-state index contributed by atoms with van der Waals surface area (Å²) in [6, 6.07) is 5.65. The zero-order valence-electron chi connectivity index (χ0n) is 13.6. The minimum atomic E-state index is -0.105. The Balaban J connectivity index is 2.18. The van der Waals surface area contributed by atoms with Crippen molar-refractivity contribution in [2.75, 3.05) is 14.1 Å². The summed E-state index contributed by atoms with van der Waals surface area (Å²) < 4.78 is 3.34. The van der Waals surface area contributed by atoms with Gasteiger partial charge in [0.05, 0.1) is 6.20 Å². The van der Waals surface area contributed by atoms with Crippen LogP contribution >= 0.6 is 0 Å². The fraction of sp³-hybridized carbons (Fsp3) is 0.235. The van der Waals surface area contributed by atoms with Gasteiger partial charge in [-0.1, -0.05) is 0 Å². The molecule has 6 heteroatoms. The Morgan fingerprint density at radius 2 is 1.91 bits per heavy atom. The molecule has 0 radical (unpaired) electrons. The second-order valence-electron chi connectivity index (χ2n) is 5.82. The second kappa shape index (κ2) is 5.39. The molecule has 0 bridgehead atoms. The summed E-state index contributed by atoms with van der Waals surface area (Å²) in [5.41, 5.74) is 3.72. The first kappa shape index (κ1) is 15.0. The summed E-state index contributed by atoms with van der Waals surface area (Å²) >= 11 is 0. The summed E-state index contributed by atoms with van der Waals surface area (Å²) in [5.74, 6) is -0.105. The topological polar surface area (TPSA) is 59.6 Å². The van der Waals surface area contributed by atoms with Crippen LogP contribution in [-0.2, 0) is 7.05 Å². The average Bonchev–Trinajstić information content (AvgIpc) is 2.94. The number of pyridine rings is 2. The molecule has 0 N–H and O–H groups in total. The average molecular weight is 310 g/mol. The van der Waals surface area contributed by atoms with Crippen LogP contribution in [0.3, 0.4) is 0 Å². The number of imidazole rings is 1. The van der Waals surface area contributed by atoms with Crippen molar-refractivity contribution >= 4 is 11.6 Å². The van der Waals surface area contributed by atoms with E-state index in [0.29, 0.717) is 16.9 Å². The highest BCUT2D eigenvalue weighted by Gasteiger charge is 2.14. The Hall–Kier alpha value is -2.89. The van der Waals surface area contributed by atoms with Gasteiger partial charge in [-0.25, -0.2) is 4.98 Å². The Bertz CT molecular complexity index is 940. The molecule has 0 atom stereocenters. The van der Waals surface area contributed by atoms with E-state index < -0.39 is 0 Å². The van der Waals surface area contributed by atoms with Crippen LogP contribution in [0.5, 0.6) is 0 Å². The lowest BCUT2D eigenvalue weighted by Gasteiger charge is -2.11. The van der Waals surface area contributed by atoms with Crippen molar-refractivity contribution in [3.63, 3.8) is 0 Å². The number of amides is 1. The summed E-state index contributed by atoms with van der Waals surface area (Å²) in [7, 11) is 5.15. The number of aromatic nitrogens is 3. The molecule has 0 aromatic carbocycles. The molecule has 0 saturated heterocycles. The number of fused-ring (bicyclic) bond motifs is 1. The van der Waals surface area contributed by atoms with Crippen molar-refractivity contribution < 1.29 is 4.79 Å². The second-order valence-corrected chi connectivity index (χ2v) is 5.82. The Labute approximate surface area is 133 Å². The molecule has 0 aliphatic heterocycles. The monoisotopic (exact) mass is 310 g/mol. The zero-order valence-corrected chi connectivity index (χ0v) is 13.6. The van der Waals surface area contributed by atoms with Crippen LogP contribution in [0.15, 0.2) is 41.6 Å². The SMILES string of the molecule is Cc1cc(-c2ccc3ncc(C(=O)N(C)C)n3c2)cn(C)c1=O. The van der Waals surface area contributed by atoms with Gasteiger partial charge in [0.25, 0.3) is 11.5 Å². The van der Waals surface area contributed by atoms with Gasteiger partial charge in [0.2, 0.25) is 0 Å². The van der Waals surface area contributed by atoms with Gasteiger partial charge in [-0.3, -0.25) is 14.0 Å². The van der Waals surface area contributed by atoms with Crippen molar-refractivity contribution in [2.24, 2.45) is 7.05 Å². The predicted molar refractivity (Wildman–Crippen MR) is 88.6 cm³/mol. The van der Waals surface area contributed by atoms with Crippen molar-refractivity contribution in [2.45, 2.75) is 6.92 Å². The molecule has 3 aromatic heterocycles. The summed E-state index contributed by atoms with van der Waals surface area (Å²) in [4.78, 5) is 29.9. The van der Waals surface area contributed by atoms with E-state index in [0.717, 1.165) is 11.1 Å². The van der Waals surface area contributed by atoms with E-state index in [2.05, 4.69) is 4.98 Å². The smallest absolute Gasteiger partial charge is 0.271 e. The molecule has 3 aromatic rings. The van der Waals surface area contributed by atoms with Crippen molar-refractivity contribution in [1.82, 2.24) is 18.9 Å². The van der Waals surface area contributed by atoms with Crippen LogP contribution in [0.4, 0.5) is 0 Å². The fourth-order valence-corrected chi connectivity index (χ4v) is 2.57. The molecular formula is C17H18N4O2. The van der Waals surface area contributed by atoms with Gasteiger partial charge in [0.15, 0.2) is 0 Å². The van der Waals surface area contributed by atoms with Gasteiger partial charge in [0.1, 0.15) is 11.3 Å². The van der Waals surface area contributed by atoms with Gasteiger partial charge in [-0.15, -0.1) is 0 Å². The van der Waals surface area contributed by atoms with Crippen molar-refractivity contribution in [3.8, 4) is 11.1 Å². The highest BCUT2D eigenvalue weighted by atomic mass is 16.2. The molecule has 0 saturated carbocycles. The molecule has 3 heterocycles. The zero-order chi connectivity index (χ0) is 16.7. The van der Waals surface area contributed by atoms with Crippen molar-refractivity contribution in [1.29, 1.82) is 0 Å². The molecule has 0 spiro atoms. The maximum atomic E-state index is 12.2. The minimum absolute atomic E-state index is 0.0130. The molecule has 6 nitrogen and oxygen atoms in total. The summed E-state index contributed by atoms with van der Waals surface area (Å²) in [6.45, 7) is 1.79. The maximum Gasteiger partial charge on any atom is 0.271 e. The molecule has 0 unspecified atom stereocenters. The number of aryl methyl sites for hydroxylation is 2. The minimum Gasteiger partial charge on any atom is -0.343 e. The lowest BCUT2D eigenvalue weighted by atomic mass is 10.1. The maximum absolute atomic E-state index is 12.2. The van der Waals surface area contributed by atoms with Gasteiger partial charge in [-0.2, -0.15) is 0 Å². The fourth-order valence-electron chi connectivity index (χ4n) is 2.57. The van der Waals surface area contributed by atoms with Gasteiger partial charge in [0, 0.05) is 39.1 Å². The van der Waals surface area contributed by atoms with E-state index in [9.17, 15) is 9.59 Å². The van der Waals surface area contributed by atoms with Crippen molar-refractivity contribution in [3.05, 3.63) is 58.4 Å². The first-order valence-electron chi connectivity index (χ1n) is 7.25. The third-order valence-corrected chi connectivity index (χ3v) is 3.83. The standard InChI is InChI=1S/C17H18N4O2/c1-11-7-13(9-20(4)16(11)22)12-5-6-15-18-8-14(21(15)10-12)17(23)19(2)3/h5-10H,1-4H3. The largest absolute Gasteiger partial charge is 0.343 e. The van der Waals surface area contributed by atoms with E-state index in [1.807, 2.05) is 24.4 Å². The first-order valence-corrected chi connectivity index (χ1v) is 7.25. The van der Waals surface area contributed by atoms with Gasteiger partial charge < -0.3 is 9.47 Å². The molecule has 23 heavy (non-hydrogen) atoms. The summed E-state index contributed by atoms with van der Waals surface area (Å²) in [6.07, 6.45) is 5.24. The van der Waals surface area contributed by atoms with Crippen LogP contribution in [0.1, 0.15) is 16.1 Å². The number of carbonyl (C=O) groups excluding carboxylic acids is 1. The van der Waals surface area contributed by atoms with Gasteiger partial charge in [-0.05, 0) is 36.2 Å². The van der Waals surface area contributed by atoms with Gasteiger partial charge >= 0.3 is 0 Å². The normalized spacial score (nSPS) is 11.0. The molecule has 1 amide bonds. The summed E-state index contributed by atoms with van der Waals surface area (Å²) in [5, 5.41) is 0. The van der Waals surface area contributed by atoms with E-state index in [-0.39, 0.29) is 11.5 Å². The Morgan fingerprint density at radius 3 is 2.57 bits per heavy atom. The van der Waals surface area contributed by atoms with Crippen LogP contribution in [0.2, 0.25) is 0 Å². The lowest BCUT2D eigenvalue weighted by molar-refractivity contribution is 0.0821. The van der Waals surface area contributed by atoms with Crippen LogP contribution in [0.25, 0.3) is 16.8 Å². The molecule has 3 rings (SSSR count). The van der Waals surface area contributed by atoms with E-state index in [1.165, 1.54) is 4.90 Å². The highest BCUT2D eigenvalue weighted by Crippen LogP contribution is 2.21. The lowest BCUT2D eigenvalue weighted by Crippen LogP contribution is -2.23. The number of rotatable bonds is 2. The molecular weight excluding hydrogens is 292 g/mol. The highest BCUT2D eigenvalue weighted by molar-refractivity contribution is 5.93. The van der Waals surface area contributed by atoms with E-state index in [4.69, 9.17) is 0 Å². The number of carbonyl (C=O) groups is 1.